The first kappa shape index (κ1) is 10.8. The largest absolute Gasteiger partial charge is 0.382 e. The molecule has 1 aromatic rings. The molecule has 1 rings (SSSR count). The molecule has 1 aromatic heterocycles. The molecule has 0 aromatic carbocycles. The molecule has 0 radical (unpaired) electrons. The number of hydrogen-bond donors (Lipinski definition) is 1. The van der Waals surface area contributed by atoms with Crippen LogP contribution >= 0.6 is 0 Å². The van der Waals surface area contributed by atoms with Crippen molar-refractivity contribution in [3.8, 4) is 0 Å². The number of nitrogens with zero attached hydrogens (tertiary/aromatic N) is 3. The summed E-state index contributed by atoms with van der Waals surface area (Å²) >= 11 is 0. The van der Waals surface area contributed by atoms with Gasteiger partial charge in [0.05, 0.1) is 0 Å². The van der Waals surface area contributed by atoms with Crippen molar-refractivity contribution in [3.05, 3.63) is 12.1 Å². The zero-order chi connectivity index (χ0) is 10.8. The minimum Gasteiger partial charge on any atom is -0.382 e. The van der Waals surface area contributed by atoms with Gasteiger partial charge in [-0.3, -0.25) is 0 Å². The third kappa shape index (κ3) is 2.13. The van der Waals surface area contributed by atoms with Crippen LogP contribution in [0.5, 0.6) is 0 Å². The highest BCUT2D eigenvalue weighted by Gasteiger charge is 2.22. The smallest absolute Gasteiger partial charge is 0.151 e. The Labute approximate surface area is 85.1 Å². The molecule has 0 saturated heterocycles. The van der Waals surface area contributed by atoms with Gasteiger partial charge < -0.3 is 10.6 Å². The molecule has 4 heteroatoms. The highest BCUT2D eigenvalue weighted by Crippen LogP contribution is 2.22. The van der Waals surface area contributed by atoms with Crippen LogP contribution in [0.4, 0.5) is 11.6 Å². The number of aromatic nitrogens is 2. The quantitative estimate of drug-likeness (QED) is 0.795. The van der Waals surface area contributed by atoms with Gasteiger partial charge in [0.1, 0.15) is 5.82 Å². The van der Waals surface area contributed by atoms with Crippen molar-refractivity contribution >= 4 is 11.6 Å². The molecule has 0 saturated carbocycles. The summed E-state index contributed by atoms with van der Waals surface area (Å²) < 4.78 is 0. The van der Waals surface area contributed by atoms with Crippen LogP contribution in [0.15, 0.2) is 12.1 Å². The molecule has 1 heterocycles. The van der Waals surface area contributed by atoms with Gasteiger partial charge in [-0.05, 0) is 32.4 Å². The molecule has 0 unspecified atom stereocenters. The number of nitrogens with two attached hydrogens (primary N) is 1. The van der Waals surface area contributed by atoms with Crippen LogP contribution in [-0.4, -0.2) is 22.8 Å². The maximum absolute atomic E-state index is 5.48. The fraction of sp³-hybridized carbons (Fsp3) is 0.600. The van der Waals surface area contributed by atoms with Crippen LogP contribution in [-0.2, 0) is 0 Å². The molecule has 0 amide bonds. The molecule has 4 nitrogen and oxygen atoms in total. The van der Waals surface area contributed by atoms with Crippen LogP contribution in [0.2, 0.25) is 0 Å². The number of nitrogen functional groups attached to an aromatic ring is 1. The van der Waals surface area contributed by atoms with Crippen LogP contribution in [0, 0.1) is 0 Å². The predicted octanol–water partition coefficient (Wildman–Crippen LogP) is 1.68. The normalized spacial score (nSPS) is 11.4. The molecular weight excluding hydrogens is 176 g/mol. The summed E-state index contributed by atoms with van der Waals surface area (Å²) in [7, 11) is 2.02. The first-order chi connectivity index (χ1) is 6.47. The second-order valence-corrected chi connectivity index (χ2v) is 4.04. The van der Waals surface area contributed by atoms with E-state index in [-0.39, 0.29) is 5.54 Å². The summed E-state index contributed by atoms with van der Waals surface area (Å²) in [5.74, 6) is 1.31. The Morgan fingerprint density at radius 2 is 2.00 bits per heavy atom. The molecule has 2 N–H and O–H groups in total. The Morgan fingerprint density at radius 1 is 1.36 bits per heavy atom. The van der Waals surface area contributed by atoms with E-state index < -0.39 is 0 Å². The van der Waals surface area contributed by atoms with Crippen molar-refractivity contribution < 1.29 is 0 Å². The molecule has 0 aliphatic heterocycles. The maximum atomic E-state index is 5.48. The van der Waals surface area contributed by atoms with E-state index in [0.29, 0.717) is 5.82 Å². The number of hydrogen-bond acceptors (Lipinski definition) is 4. The van der Waals surface area contributed by atoms with E-state index >= 15 is 0 Å². The fourth-order valence-corrected chi connectivity index (χ4v) is 1.06. The lowest BCUT2D eigenvalue weighted by Gasteiger charge is -2.35. The second kappa shape index (κ2) is 3.82. The van der Waals surface area contributed by atoms with E-state index in [4.69, 9.17) is 5.73 Å². The van der Waals surface area contributed by atoms with Gasteiger partial charge >= 0.3 is 0 Å². The summed E-state index contributed by atoms with van der Waals surface area (Å²) in [5.41, 5.74) is 5.56. The summed E-state index contributed by atoms with van der Waals surface area (Å²) in [4.78, 5) is 2.11. The van der Waals surface area contributed by atoms with E-state index in [0.717, 1.165) is 12.2 Å². The Morgan fingerprint density at radius 3 is 2.43 bits per heavy atom. The second-order valence-electron chi connectivity index (χ2n) is 4.04. The molecule has 0 spiro atoms. The lowest BCUT2D eigenvalue weighted by atomic mass is 10.0. The van der Waals surface area contributed by atoms with Gasteiger partial charge in [0.2, 0.25) is 0 Å². The highest BCUT2D eigenvalue weighted by molar-refractivity contribution is 5.42. The first-order valence-electron chi connectivity index (χ1n) is 4.80. The summed E-state index contributed by atoms with van der Waals surface area (Å²) in [5, 5.41) is 7.88. The fourth-order valence-electron chi connectivity index (χ4n) is 1.06. The highest BCUT2D eigenvalue weighted by atomic mass is 15.3. The van der Waals surface area contributed by atoms with Gasteiger partial charge in [-0.2, -0.15) is 0 Å². The molecule has 78 valence electrons. The Hall–Kier alpha value is -1.32. The lowest BCUT2D eigenvalue weighted by molar-refractivity contribution is 0.466. The minimum absolute atomic E-state index is 0.0881. The van der Waals surface area contributed by atoms with Crippen molar-refractivity contribution in [2.24, 2.45) is 0 Å². The van der Waals surface area contributed by atoms with E-state index in [9.17, 15) is 0 Å². The minimum atomic E-state index is 0.0881. The standard InChI is InChI=1S/C10H18N4/c1-5-10(2,3)14(4)9-7-6-8(11)12-13-9/h6-7H,5H2,1-4H3,(H2,11,12). The van der Waals surface area contributed by atoms with E-state index in [1.165, 1.54) is 0 Å². The summed E-state index contributed by atoms with van der Waals surface area (Å²) in [6.45, 7) is 6.50. The topological polar surface area (TPSA) is 55.0 Å². The van der Waals surface area contributed by atoms with E-state index in [1.807, 2.05) is 13.1 Å². The first-order valence-corrected chi connectivity index (χ1v) is 4.80. The molecule has 0 fully saturated rings. The van der Waals surface area contributed by atoms with Crippen molar-refractivity contribution in [3.63, 3.8) is 0 Å². The molecule has 0 aliphatic rings. The molecule has 14 heavy (non-hydrogen) atoms. The van der Waals surface area contributed by atoms with Gasteiger partial charge in [-0.1, -0.05) is 6.92 Å². The average molecular weight is 194 g/mol. The Balaban J connectivity index is 2.89. The Kier molecular flexibility index (Phi) is 2.93. The van der Waals surface area contributed by atoms with Crippen LogP contribution in [0.1, 0.15) is 27.2 Å². The van der Waals surface area contributed by atoms with Crippen molar-refractivity contribution in [2.45, 2.75) is 32.7 Å². The van der Waals surface area contributed by atoms with Crippen LogP contribution in [0.3, 0.4) is 0 Å². The number of rotatable bonds is 3. The number of anilines is 2. The molecule has 0 atom stereocenters. The van der Waals surface area contributed by atoms with Crippen molar-refractivity contribution in [1.82, 2.24) is 10.2 Å². The summed E-state index contributed by atoms with van der Waals surface area (Å²) in [6, 6.07) is 3.66. The van der Waals surface area contributed by atoms with Gasteiger partial charge in [-0.15, -0.1) is 10.2 Å². The van der Waals surface area contributed by atoms with Gasteiger partial charge in [0, 0.05) is 12.6 Å². The lowest BCUT2D eigenvalue weighted by Crippen LogP contribution is -2.41. The molecular formula is C10H18N4. The summed E-state index contributed by atoms with van der Waals surface area (Å²) in [6.07, 6.45) is 1.05. The predicted molar refractivity (Wildman–Crippen MR) is 59.2 cm³/mol. The third-order valence-corrected chi connectivity index (χ3v) is 2.79. The Bertz CT molecular complexity index is 291. The average Bonchev–Trinajstić information content (AvgIpc) is 2.18. The van der Waals surface area contributed by atoms with Crippen molar-refractivity contribution in [1.29, 1.82) is 0 Å². The monoisotopic (exact) mass is 194 g/mol. The van der Waals surface area contributed by atoms with E-state index in [2.05, 4.69) is 35.9 Å². The SMILES string of the molecule is CCC(C)(C)N(C)c1ccc(N)nn1. The van der Waals surface area contributed by atoms with Gasteiger partial charge in [0.15, 0.2) is 5.82 Å². The van der Waals surface area contributed by atoms with Gasteiger partial charge in [-0.25, -0.2) is 0 Å². The molecule has 0 bridgehead atoms. The zero-order valence-electron chi connectivity index (χ0n) is 9.28. The van der Waals surface area contributed by atoms with Crippen LogP contribution in [0.25, 0.3) is 0 Å². The maximum Gasteiger partial charge on any atom is 0.151 e. The zero-order valence-corrected chi connectivity index (χ0v) is 9.28. The third-order valence-electron chi connectivity index (χ3n) is 2.79. The van der Waals surface area contributed by atoms with Crippen molar-refractivity contribution in [2.75, 3.05) is 17.7 Å². The molecule has 0 aliphatic carbocycles. The van der Waals surface area contributed by atoms with E-state index in [1.54, 1.807) is 6.07 Å². The van der Waals surface area contributed by atoms with Crippen LogP contribution < -0.4 is 10.6 Å². The van der Waals surface area contributed by atoms with Gasteiger partial charge in [0.25, 0.3) is 0 Å².